The number of hydrogen-bond acceptors (Lipinski definition) is 4. The molecule has 3 rings (SSSR count). The highest BCUT2D eigenvalue weighted by Crippen LogP contribution is 2.30. The van der Waals surface area contributed by atoms with E-state index < -0.39 is 5.38 Å². The lowest BCUT2D eigenvalue weighted by Crippen LogP contribution is -1.92. The highest BCUT2D eigenvalue weighted by atomic mass is 35.5. The number of rotatable bonds is 3. The van der Waals surface area contributed by atoms with Crippen molar-refractivity contribution in [2.75, 3.05) is 0 Å². The predicted molar refractivity (Wildman–Crippen MR) is 76.4 cm³/mol. The van der Waals surface area contributed by atoms with Gasteiger partial charge in [0.1, 0.15) is 5.38 Å². The van der Waals surface area contributed by atoms with E-state index in [0.29, 0.717) is 11.8 Å². The third-order valence-electron chi connectivity index (χ3n) is 2.99. The number of benzene rings is 1. The van der Waals surface area contributed by atoms with Crippen molar-refractivity contribution in [3.8, 4) is 11.5 Å². The number of hydrogen-bond donors (Lipinski definition) is 0. The second-order valence-corrected chi connectivity index (χ2v) is 4.79. The molecule has 2 aromatic heterocycles. The van der Waals surface area contributed by atoms with Crippen LogP contribution in [0.25, 0.3) is 11.5 Å². The Morgan fingerprint density at radius 3 is 2.60 bits per heavy atom. The van der Waals surface area contributed by atoms with Crippen molar-refractivity contribution in [1.82, 2.24) is 15.2 Å². The van der Waals surface area contributed by atoms with Gasteiger partial charge in [0.2, 0.25) is 11.8 Å². The Kier molecular flexibility index (Phi) is 3.48. The van der Waals surface area contributed by atoms with Crippen LogP contribution in [0.15, 0.2) is 53.1 Å². The van der Waals surface area contributed by atoms with Crippen molar-refractivity contribution in [3.63, 3.8) is 0 Å². The van der Waals surface area contributed by atoms with Crippen LogP contribution in [0.1, 0.15) is 22.5 Å². The molecule has 1 atom stereocenters. The van der Waals surface area contributed by atoms with Gasteiger partial charge in [0.15, 0.2) is 0 Å². The van der Waals surface area contributed by atoms with E-state index in [2.05, 4.69) is 15.2 Å². The number of halogens is 1. The van der Waals surface area contributed by atoms with Gasteiger partial charge in [-0.2, -0.15) is 0 Å². The van der Waals surface area contributed by atoms with E-state index in [9.17, 15) is 0 Å². The zero-order valence-corrected chi connectivity index (χ0v) is 11.6. The summed E-state index contributed by atoms with van der Waals surface area (Å²) in [5.41, 5.74) is 2.59. The normalized spacial score (nSPS) is 12.3. The van der Waals surface area contributed by atoms with E-state index in [-0.39, 0.29) is 0 Å². The lowest BCUT2D eigenvalue weighted by atomic mass is 10.1. The standard InChI is InChI=1S/C15H12ClN3O/c1-10-12(8-5-9-17-10)14-18-19-15(20-14)13(16)11-6-3-2-4-7-11/h2-9,13H,1H3. The Bertz CT molecular complexity index is 712. The SMILES string of the molecule is Cc1ncccc1-c1nnc(C(Cl)c2ccccc2)o1. The highest BCUT2D eigenvalue weighted by molar-refractivity contribution is 6.22. The molecule has 20 heavy (non-hydrogen) atoms. The predicted octanol–water partition coefficient (Wildman–Crippen LogP) is 3.77. The van der Waals surface area contributed by atoms with E-state index in [0.717, 1.165) is 16.8 Å². The number of aryl methyl sites for hydroxylation is 1. The summed E-state index contributed by atoms with van der Waals surface area (Å²) in [6.45, 7) is 1.90. The van der Waals surface area contributed by atoms with Crippen LogP contribution in [0.2, 0.25) is 0 Å². The zero-order chi connectivity index (χ0) is 13.9. The monoisotopic (exact) mass is 285 g/mol. The fourth-order valence-corrected chi connectivity index (χ4v) is 2.15. The second-order valence-electron chi connectivity index (χ2n) is 4.36. The molecule has 5 heteroatoms. The Morgan fingerprint density at radius 2 is 1.85 bits per heavy atom. The van der Waals surface area contributed by atoms with E-state index in [1.165, 1.54) is 0 Å². The van der Waals surface area contributed by atoms with Crippen molar-refractivity contribution in [2.45, 2.75) is 12.3 Å². The Morgan fingerprint density at radius 1 is 1.05 bits per heavy atom. The summed E-state index contributed by atoms with van der Waals surface area (Å²) < 4.78 is 5.67. The molecule has 4 nitrogen and oxygen atoms in total. The first kappa shape index (κ1) is 12.8. The van der Waals surface area contributed by atoms with E-state index >= 15 is 0 Å². The highest BCUT2D eigenvalue weighted by Gasteiger charge is 2.19. The summed E-state index contributed by atoms with van der Waals surface area (Å²) in [7, 11) is 0. The Balaban J connectivity index is 1.93. The van der Waals surface area contributed by atoms with Crippen LogP contribution in [-0.4, -0.2) is 15.2 Å². The molecule has 100 valence electrons. The first-order valence-electron chi connectivity index (χ1n) is 6.20. The zero-order valence-electron chi connectivity index (χ0n) is 10.8. The largest absolute Gasteiger partial charge is 0.419 e. The summed E-state index contributed by atoms with van der Waals surface area (Å²) in [6, 6.07) is 13.4. The van der Waals surface area contributed by atoms with Crippen LogP contribution in [-0.2, 0) is 0 Å². The third-order valence-corrected chi connectivity index (χ3v) is 3.43. The van der Waals surface area contributed by atoms with E-state index in [1.54, 1.807) is 6.20 Å². The third kappa shape index (κ3) is 2.42. The number of alkyl halides is 1. The molecule has 0 bridgehead atoms. The van der Waals surface area contributed by atoms with Gasteiger partial charge in [-0.25, -0.2) is 0 Å². The molecular weight excluding hydrogens is 274 g/mol. The van der Waals surface area contributed by atoms with Crippen LogP contribution >= 0.6 is 11.6 Å². The molecule has 0 saturated carbocycles. The average molecular weight is 286 g/mol. The van der Waals surface area contributed by atoms with Gasteiger partial charge in [-0.15, -0.1) is 21.8 Å². The average Bonchev–Trinajstić information content (AvgIpc) is 2.97. The topological polar surface area (TPSA) is 51.8 Å². The molecule has 0 fully saturated rings. The molecule has 1 unspecified atom stereocenters. The van der Waals surface area contributed by atoms with Crippen molar-refractivity contribution in [1.29, 1.82) is 0 Å². The lowest BCUT2D eigenvalue weighted by Gasteiger charge is -2.04. The smallest absolute Gasteiger partial charge is 0.249 e. The van der Waals surface area contributed by atoms with Crippen LogP contribution in [0.5, 0.6) is 0 Å². The molecule has 0 radical (unpaired) electrons. The molecule has 1 aromatic carbocycles. The Labute approximate surface area is 121 Å². The number of pyridine rings is 1. The molecule has 0 amide bonds. The van der Waals surface area contributed by atoms with Gasteiger partial charge >= 0.3 is 0 Å². The molecule has 0 saturated heterocycles. The summed E-state index contributed by atoms with van der Waals surface area (Å²) in [5, 5.41) is 7.64. The fraction of sp³-hybridized carbons (Fsp3) is 0.133. The molecule has 0 aliphatic carbocycles. The van der Waals surface area contributed by atoms with Crippen LogP contribution < -0.4 is 0 Å². The maximum absolute atomic E-state index is 6.36. The summed E-state index contributed by atoms with van der Waals surface area (Å²) >= 11 is 6.36. The molecule has 0 spiro atoms. The minimum absolute atomic E-state index is 0.385. The van der Waals surface area contributed by atoms with Crippen molar-refractivity contribution in [2.24, 2.45) is 0 Å². The van der Waals surface area contributed by atoms with Gasteiger partial charge in [-0.1, -0.05) is 30.3 Å². The van der Waals surface area contributed by atoms with Crippen molar-refractivity contribution < 1.29 is 4.42 Å². The van der Waals surface area contributed by atoms with Crippen molar-refractivity contribution in [3.05, 3.63) is 65.8 Å². The molecule has 0 aliphatic heterocycles. The number of nitrogens with zero attached hydrogens (tertiary/aromatic N) is 3. The maximum Gasteiger partial charge on any atom is 0.249 e. The fourth-order valence-electron chi connectivity index (χ4n) is 1.92. The molecular formula is C15H12ClN3O. The summed E-state index contributed by atoms with van der Waals surface area (Å²) in [6.07, 6.45) is 1.73. The quantitative estimate of drug-likeness (QED) is 0.687. The molecule has 0 aliphatic rings. The molecule has 2 heterocycles. The van der Waals surface area contributed by atoms with E-state index in [1.807, 2.05) is 49.4 Å². The molecule has 0 N–H and O–H groups in total. The second kappa shape index (κ2) is 5.43. The Hall–Kier alpha value is -2.20. The van der Waals surface area contributed by atoms with E-state index in [4.69, 9.17) is 16.0 Å². The minimum atomic E-state index is -0.450. The first-order chi connectivity index (χ1) is 9.75. The van der Waals surface area contributed by atoms with Crippen molar-refractivity contribution >= 4 is 11.6 Å². The van der Waals surface area contributed by atoms with Gasteiger partial charge in [-0.05, 0) is 24.6 Å². The number of aromatic nitrogens is 3. The maximum atomic E-state index is 6.36. The summed E-state index contributed by atoms with van der Waals surface area (Å²) in [4.78, 5) is 4.21. The van der Waals surface area contributed by atoms with Gasteiger partial charge in [0, 0.05) is 11.9 Å². The van der Waals surface area contributed by atoms with Gasteiger partial charge in [0.25, 0.3) is 0 Å². The van der Waals surface area contributed by atoms with Gasteiger partial charge < -0.3 is 4.42 Å². The first-order valence-corrected chi connectivity index (χ1v) is 6.64. The minimum Gasteiger partial charge on any atom is -0.419 e. The van der Waals surface area contributed by atoms with Gasteiger partial charge in [0.05, 0.1) is 5.56 Å². The van der Waals surface area contributed by atoms with Crippen LogP contribution in [0, 0.1) is 6.92 Å². The molecule has 3 aromatic rings. The van der Waals surface area contributed by atoms with Gasteiger partial charge in [-0.3, -0.25) is 4.98 Å². The van der Waals surface area contributed by atoms with Crippen LogP contribution in [0.4, 0.5) is 0 Å². The van der Waals surface area contributed by atoms with Crippen LogP contribution in [0.3, 0.4) is 0 Å². The lowest BCUT2D eigenvalue weighted by molar-refractivity contribution is 0.512. The summed E-state index contributed by atoms with van der Waals surface area (Å²) in [5.74, 6) is 0.823.